The molecule has 1 heterocycles. The van der Waals surface area contributed by atoms with E-state index in [-0.39, 0.29) is 6.04 Å². The first-order valence-corrected chi connectivity index (χ1v) is 7.25. The van der Waals surface area contributed by atoms with Gasteiger partial charge in [0.05, 0.1) is 6.04 Å². The molecule has 1 nitrogen and oxygen atoms in total. The van der Waals surface area contributed by atoms with Crippen LogP contribution in [0.5, 0.6) is 0 Å². The third-order valence-electron chi connectivity index (χ3n) is 2.73. The van der Waals surface area contributed by atoms with Gasteiger partial charge in [0.2, 0.25) is 0 Å². The van der Waals surface area contributed by atoms with Crippen LogP contribution in [0.2, 0.25) is 4.34 Å². The highest BCUT2D eigenvalue weighted by Gasteiger charge is 2.15. The van der Waals surface area contributed by atoms with Gasteiger partial charge < -0.3 is 5.73 Å². The minimum Gasteiger partial charge on any atom is -0.320 e. The van der Waals surface area contributed by atoms with E-state index in [1.165, 1.54) is 22.5 Å². The van der Waals surface area contributed by atoms with Crippen molar-refractivity contribution in [3.8, 4) is 0 Å². The van der Waals surface area contributed by atoms with Crippen LogP contribution in [-0.2, 0) is 0 Å². The standard InChI is InChI=1S/C13H13BrClNS/c1-7-3-4-9(8(2)5-7)12(16)11-6-10(14)13(15)17-11/h3-6,12H,16H2,1-2H3. The van der Waals surface area contributed by atoms with Crippen molar-refractivity contribution in [3.05, 3.63) is 54.6 Å². The first-order valence-electron chi connectivity index (χ1n) is 5.26. The minimum atomic E-state index is -0.107. The first kappa shape index (κ1) is 13.1. The maximum atomic E-state index is 6.28. The van der Waals surface area contributed by atoms with Crippen LogP contribution in [0.3, 0.4) is 0 Å². The molecule has 0 bridgehead atoms. The molecule has 0 saturated heterocycles. The Balaban J connectivity index is 2.39. The lowest BCUT2D eigenvalue weighted by molar-refractivity contribution is 0.881. The van der Waals surface area contributed by atoms with E-state index in [1.807, 2.05) is 6.07 Å². The zero-order chi connectivity index (χ0) is 12.6. The maximum Gasteiger partial charge on any atom is 0.107 e. The molecular weight excluding hydrogens is 318 g/mol. The smallest absolute Gasteiger partial charge is 0.107 e. The van der Waals surface area contributed by atoms with Crippen LogP contribution in [0.25, 0.3) is 0 Å². The Labute approximate surface area is 119 Å². The molecule has 1 unspecified atom stereocenters. The minimum absolute atomic E-state index is 0.107. The summed E-state index contributed by atoms with van der Waals surface area (Å²) in [5.74, 6) is 0. The second-order valence-corrected chi connectivity index (χ2v) is 6.65. The van der Waals surface area contributed by atoms with E-state index in [2.05, 4.69) is 48.0 Å². The molecule has 2 aromatic rings. The molecule has 0 amide bonds. The zero-order valence-corrected chi connectivity index (χ0v) is 12.8. The Morgan fingerprint density at radius 1 is 1.29 bits per heavy atom. The molecule has 0 aliphatic heterocycles. The molecule has 0 aliphatic carbocycles. The van der Waals surface area contributed by atoms with Crippen LogP contribution in [0, 0.1) is 13.8 Å². The van der Waals surface area contributed by atoms with Crippen LogP contribution in [0.15, 0.2) is 28.7 Å². The summed E-state index contributed by atoms with van der Waals surface area (Å²) in [7, 11) is 0. The number of hydrogen-bond acceptors (Lipinski definition) is 2. The van der Waals surface area contributed by atoms with Gasteiger partial charge in [0.1, 0.15) is 4.34 Å². The molecule has 1 aromatic carbocycles. The fourth-order valence-corrected chi connectivity index (χ4v) is 3.60. The number of nitrogens with two attached hydrogens (primary N) is 1. The molecule has 0 saturated carbocycles. The third-order valence-corrected chi connectivity index (χ3v) is 5.29. The topological polar surface area (TPSA) is 26.0 Å². The maximum absolute atomic E-state index is 6.28. The largest absolute Gasteiger partial charge is 0.320 e. The molecule has 0 fully saturated rings. The molecule has 0 spiro atoms. The lowest BCUT2D eigenvalue weighted by atomic mass is 9.99. The molecule has 4 heteroatoms. The van der Waals surface area contributed by atoms with Gasteiger partial charge in [-0.25, -0.2) is 0 Å². The number of rotatable bonds is 2. The molecule has 1 aromatic heterocycles. The molecule has 2 rings (SSSR count). The normalized spacial score (nSPS) is 12.8. The third kappa shape index (κ3) is 2.74. The van der Waals surface area contributed by atoms with Crippen molar-refractivity contribution in [2.75, 3.05) is 0 Å². The van der Waals surface area contributed by atoms with E-state index in [0.29, 0.717) is 0 Å². The van der Waals surface area contributed by atoms with E-state index in [9.17, 15) is 0 Å². The molecule has 0 aliphatic rings. The molecule has 90 valence electrons. The van der Waals surface area contributed by atoms with Crippen molar-refractivity contribution in [1.29, 1.82) is 0 Å². The quantitative estimate of drug-likeness (QED) is 0.838. The van der Waals surface area contributed by atoms with Gasteiger partial charge in [0.25, 0.3) is 0 Å². The van der Waals surface area contributed by atoms with Crippen molar-refractivity contribution in [2.24, 2.45) is 5.73 Å². The highest BCUT2D eigenvalue weighted by Crippen LogP contribution is 2.37. The fraction of sp³-hybridized carbons (Fsp3) is 0.231. The summed E-state index contributed by atoms with van der Waals surface area (Å²) in [6.07, 6.45) is 0. The van der Waals surface area contributed by atoms with Gasteiger partial charge in [-0.3, -0.25) is 0 Å². The van der Waals surface area contributed by atoms with Crippen molar-refractivity contribution in [3.63, 3.8) is 0 Å². The zero-order valence-electron chi connectivity index (χ0n) is 9.63. The van der Waals surface area contributed by atoms with Crippen LogP contribution >= 0.6 is 38.9 Å². The van der Waals surface area contributed by atoms with Gasteiger partial charge in [0.15, 0.2) is 0 Å². The number of hydrogen-bond donors (Lipinski definition) is 1. The highest BCUT2D eigenvalue weighted by molar-refractivity contribution is 9.10. The Hall–Kier alpha value is -0.350. The van der Waals surface area contributed by atoms with E-state index >= 15 is 0 Å². The van der Waals surface area contributed by atoms with Crippen LogP contribution in [0.4, 0.5) is 0 Å². The summed E-state index contributed by atoms with van der Waals surface area (Å²) in [6, 6.07) is 8.23. The fourth-order valence-electron chi connectivity index (χ4n) is 1.84. The van der Waals surface area contributed by atoms with Crippen LogP contribution in [0.1, 0.15) is 27.6 Å². The molecular formula is C13H13BrClNS. The van der Waals surface area contributed by atoms with Crippen molar-refractivity contribution in [2.45, 2.75) is 19.9 Å². The first-order chi connectivity index (χ1) is 7.99. The highest BCUT2D eigenvalue weighted by atomic mass is 79.9. The van der Waals surface area contributed by atoms with E-state index in [0.717, 1.165) is 19.2 Å². The number of aryl methyl sites for hydroxylation is 2. The lowest BCUT2D eigenvalue weighted by Gasteiger charge is -2.13. The molecule has 0 radical (unpaired) electrons. The number of benzene rings is 1. The van der Waals surface area contributed by atoms with Gasteiger partial charge in [-0.15, -0.1) is 11.3 Å². The van der Waals surface area contributed by atoms with E-state index < -0.39 is 0 Å². The van der Waals surface area contributed by atoms with Crippen LogP contribution < -0.4 is 5.73 Å². The molecule has 17 heavy (non-hydrogen) atoms. The van der Waals surface area contributed by atoms with Gasteiger partial charge in [-0.05, 0) is 47.0 Å². The van der Waals surface area contributed by atoms with Gasteiger partial charge in [-0.1, -0.05) is 35.4 Å². The Kier molecular flexibility index (Phi) is 3.93. The summed E-state index contributed by atoms with van der Waals surface area (Å²) in [6.45, 7) is 4.17. The second kappa shape index (κ2) is 5.11. The Bertz CT molecular complexity index is 531. The second-order valence-electron chi connectivity index (χ2n) is 4.11. The monoisotopic (exact) mass is 329 g/mol. The molecule has 1 atom stereocenters. The number of halogens is 2. The van der Waals surface area contributed by atoms with Crippen molar-refractivity contribution in [1.82, 2.24) is 0 Å². The van der Waals surface area contributed by atoms with E-state index in [4.69, 9.17) is 17.3 Å². The summed E-state index contributed by atoms with van der Waals surface area (Å²) in [4.78, 5) is 1.08. The van der Waals surface area contributed by atoms with Crippen LogP contribution in [-0.4, -0.2) is 0 Å². The summed E-state index contributed by atoms with van der Waals surface area (Å²) in [5.41, 5.74) is 9.91. The Morgan fingerprint density at radius 2 is 2.00 bits per heavy atom. The predicted octanol–water partition coefficient (Wildman–Crippen LogP) is 4.83. The average molecular weight is 331 g/mol. The summed E-state index contributed by atoms with van der Waals surface area (Å²) in [5, 5.41) is 0. The average Bonchev–Trinajstić information content (AvgIpc) is 2.58. The van der Waals surface area contributed by atoms with Crippen molar-refractivity contribution < 1.29 is 0 Å². The van der Waals surface area contributed by atoms with E-state index in [1.54, 1.807) is 0 Å². The Morgan fingerprint density at radius 3 is 2.53 bits per heavy atom. The summed E-state index contributed by atoms with van der Waals surface area (Å²) < 4.78 is 1.67. The SMILES string of the molecule is Cc1ccc(C(N)c2cc(Br)c(Cl)s2)c(C)c1. The number of thiophene rings is 1. The predicted molar refractivity (Wildman–Crippen MR) is 79.0 cm³/mol. The molecule has 2 N–H and O–H groups in total. The van der Waals surface area contributed by atoms with Gasteiger partial charge >= 0.3 is 0 Å². The van der Waals surface area contributed by atoms with Gasteiger partial charge in [-0.2, -0.15) is 0 Å². The summed E-state index contributed by atoms with van der Waals surface area (Å²) >= 11 is 11.0. The van der Waals surface area contributed by atoms with Gasteiger partial charge in [0, 0.05) is 9.35 Å². The van der Waals surface area contributed by atoms with Crippen molar-refractivity contribution >= 4 is 38.9 Å². The lowest BCUT2D eigenvalue weighted by Crippen LogP contribution is -2.11.